The number of carbonyl (C=O) groups excluding carboxylic acids is 1. The van der Waals surface area contributed by atoms with Crippen LogP contribution in [0.4, 0.5) is 10.5 Å². The molecule has 1 aliphatic rings. The maximum atomic E-state index is 13.7. The predicted octanol–water partition coefficient (Wildman–Crippen LogP) is 6.51. The van der Waals surface area contributed by atoms with E-state index in [-0.39, 0.29) is 12.1 Å². The Balaban J connectivity index is 1.82. The summed E-state index contributed by atoms with van der Waals surface area (Å²) < 4.78 is 0. The van der Waals surface area contributed by atoms with Crippen LogP contribution in [0.2, 0.25) is 0 Å². The predicted molar refractivity (Wildman–Crippen MR) is 118 cm³/mol. The van der Waals surface area contributed by atoms with Crippen LogP contribution in [-0.2, 0) is 0 Å². The zero-order valence-corrected chi connectivity index (χ0v) is 18.0. The van der Waals surface area contributed by atoms with Crippen molar-refractivity contribution in [1.82, 2.24) is 9.88 Å². The molecule has 2 amide bonds. The fourth-order valence-corrected chi connectivity index (χ4v) is 5.27. The van der Waals surface area contributed by atoms with Crippen molar-refractivity contribution in [3.8, 4) is 0 Å². The van der Waals surface area contributed by atoms with Crippen LogP contribution in [0.5, 0.6) is 0 Å². The molecule has 3 rings (SSSR count). The molecule has 0 saturated heterocycles. The molecule has 2 aromatic heterocycles. The second-order valence-corrected chi connectivity index (χ2v) is 8.64. The van der Waals surface area contributed by atoms with E-state index in [1.807, 2.05) is 24.0 Å². The van der Waals surface area contributed by atoms with Gasteiger partial charge in [0.15, 0.2) is 0 Å². The number of thiophene rings is 1. The molecule has 28 heavy (non-hydrogen) atoms. The number of amides is 2. The highest BCUT2D eigenvalue weighted by Gasteiger charge is 2.29. The van der Waals surface area contributed by atoms with E-state index < -0.39 is 0 Å². The number of anilines is 1. The van der Waals surface area contributed by atoms with Crippen LogP contribution in [0.25, 0.3) is 0 Å². The average Bonchev–Trinajstić information content (AvgIpc) is 3.27. The molecule has 1 saturated carbocycles. The molecule has 5 heteroatoms. The first-order chi connectivity index (χ1) is 13.7. The van der Waals surface area contributed by atoms with Gasteiger partial charge in [-0.3, -0.25) is 9.88 Å². The van der Waals surface area contributed by atoms with Crippen LogP contribution < -0.4 is 4.90 Å². The highest BCUT2D eigenvalue weighted by Crippen LogP contribution is 2.32. The molecule has 2 aromatic rings. The fourth-order valence-electron chi connectivity index (χ4n) is 4.35. The molecule has 1 fully saturated rings. The number of carbonyl (C=O) groups is 1. The second kappa shape index (κ2) is 10.6. The summed E-state index contributed by atoms with van der Waals surface area (Å²) in [4.78, 5) is 23.1. The summed E-state index contributed by atoms with van der Waals surface area (Å²) in [6.45, 7) is 5.73. The summed E-state index contributed by atoms with van der Waals surface area (Å²) >= 11 is 1.76. The highest BCUT2D eigenvalue weighted by atomic mass is 32.1. The van der Waals surface area contributed by atoms with Gasteiger partial charge < -0.3 is 4.90 Å². The summed E-state index contributed by atoms with van der Waals surface area (Å²) in [7, 11) is 0. The minimum atomic E-state index is 0.116. The van der Waals surface area contributed by atoms with Gasteiger partial charge in [-0.2, -0.15) is 0 Å². The molecule has 152 valence electrons. The minimum absolute atomic E-state index is 0.116. The molecule has 0 bridgehead atoms. The smallest absolute Gasteiger partial charge is 0.317 e. The Hall–Kier alpha value is -1.88. The van der Waals surface area contributed by atoms with E-state index in [0.717, 1.165) is 31.0 Å². The number of urea groups is 1. The largest absolute Gasteiger partial charge is 0.325 e. The Labute approximate surface area is 173 Å². The van der Waals surface area contributed by atoms with Crippen molar-refractivity contribution in [3.63, 3.8) is 0 Å². The lowest BCUT2D eigenvalue weighted by molar-refractivity contribution is 0.170. The Bertz CT molecular complexity index is 698. The molecule has 1 unspecified atom stereocenters. The van der Waals surface area contributed by atoms with Gasteiger partial charge in [-0.05, 0) is 49.3 Å². The van der Waals surface area contributed by atoms with E-state index in [4.69, 9.17) is 0 Å². The monoisotopic (exact) mass is 399 g/mol. The van der Waals surface area contributed by atoms with Crippen LogP contribution in [-0.4, -0.2) is 29.0 Å². The van der Waals surface area contributed by atoms with Gasteiger partial charge in [0.25, 0.3) is 0 Å². The number of hydrogen-bond acceptors (Lipinski definition) is 3. The van der Waals surface area contributed by atoms with E-state index in [1.54, 1.807) is 23.7 Å². The average molecular weight is 400 g/mol. The molecule has 0 radical (unpaired) electrons. The van der Waals surface area contributed by atoms with E-state index in [1.165, 1.54) is 37.0 Å². The van der Waals surface area contributed by atoms with Crippen LogP contribution in [0.1, 0.15) is 69.7 Å². The molecule has 0 aromatic carbocycles. The van der Waals surface area contributed by atoms with Gasteiger partial charge in [0.1, 0.15) is 0 Å². The molecular formula is C23H33N3OS. The van der Waals surface area contributed by atoms with Crippen molar-refractivity contribution in [2.24, 2.45) is 5.92 Å². The fraction of sp³-hybridized carbons (Fsp3) is 0.565. The lowest BCUT2D eigenvalue weighted by Gasteiger charge is -2.36. The number of nitrogens with zero attached hydrogens (tertiary/aromatic N) is 3. The lowest BCUT2D eigenvalue weighted by atomic mass is 9.87. The molecule has 1 aliphatic carbocycles. The Kier molecular flexibility index (Phi) is 7.90. The van der Waals surface area contributed by atoms with Gasteiger partial charge in [-0.25, -0.2) is 4.79 Å². The quantitative estimate of drug-likeness (QED) is 0.507. The van der Waals surface area contributed by atoms with Crippen molar-refractivity contribution in [2.45, 2.75) is 64.8 Å². The first-order valence-corrected chi connectivity index (χ1v) is 11.6. The van der Waals surface area contributed by atoms with E-state index >= 15 is 0 Å². The minimum Gasteiger partial charge on any atom is -0.317 e. The van der Waals surface area contributed by atoms with Gasteiger partial charge in [-0.1, -0.05) is 45.1 Å². The molecular weight excluding hydrogens is 366 g/mol. The third kappa shape index (κ3) is 5.13. The standard InChI is InChI=1S/C23H33N3OS/c1-3-21(22-11-8-18-28-22)26(17-14-19-9-6-5-7-10-19)23(27)25(4-2)20-12-15-24-16-13-20/h8,11-13,15-16,18-19,21H,3-7,9-10,14,17H2,1-2H3. The highest BCUT2D eigenvalue weighted by molar-refractivity contribution is 7.10. The summed E-state index contributed by atoms with van der Waals surface area (Å²) in [6.07, 6.45) is 12.3. The van der Waals surface area contributed by atoms with Crippen LogP contribution in [0.15, 0.2) is 42.0 Å². The summed E-state index contributed by atoms with van der Waals surface area (Å²) in [5, 5.41) is 2.11. The lowest BCUT2D eigenvalue weighted by Crippen LogP contribution is -2.45. The Morgan fingerprint density at radius 1 is 1.18 bits per heavy atom. The molecule has 0 aliphatic heterocycles. The van der Waals surface area contributed by atoms with E-state index in [0.29, 0.717) is 6.54 Å². The van der Waals surface area contributed by atoms with Crippen LogP contribution in [0, 0.1) is 5.92 Å². The Morgan fingerprint density at radius 3 is 2.54 bits per heavy atom. The third-order valence-corrected chi connectivity index (χ3v) is 6.88. The first-order valence-electron chi connectivity index (χ1n) is 10.8. The van der Waals surface area contributed by atoms with Gasteiger partial charge in [-0.15, -0.1) is 11.3 Å². The van der Waals surface area contributed by atoms with Crippen molar-refractivity contribution in [2.75, 3.05) is 18.0 Å². The second-order valence-electron chi connectivity index (χ2n) is 7.66. The summed E-state index contributed by atoms with van der Waals surface area (Å²) in [6, 6.07) is 8.37. The summed E-state index contributed by atoms with van der Waals surface area (Å²) in [5.74, 6) is 0.765. The van der Waals surface area contributed by atoms with Gasteiger partial charge >= 0.3 is 6.03 Å². The number of rotatable bonds is 8. The SMILES string of the molecule is CCC(c1cccs1)N(CCC1CCCCC1)C(=O)N(CC)c1ccncc1. The van der Waals surface area contributed by atoms with Crippen LogP contribution >= 0.6 is 11.3 Å². The van der Waals surface area contributed by atoms with Crippen LogP contribution in [0.3, 0.4) is 0 Å². The van der Waals surface area contributed by atoms with Crippen molar-refractivity contribution < 1.29 is 4.79 Å². The van der Waals surface area contributed by atoms with E-state index in [9.17, 15) is 4.79 Å². The molecule has 2 heterocycles. The van der Waals surface area contributed by atoms with Crippen molar-refractivity contribution in [1.29, 1.82) is 0 Å². The third-order valence-electron chi connectivity index (χ3n) is 5.90. The van der Waals surface area contributed by atoms with Crippen molar-refractivity contribution in [3.05, 3.63) is 46.9 Å². The maximum absolute atomic E-state index is 13.7. The molecule has 4 nitrogen and oxygen atoms in total. The van der Waals surface area contributed by atoms with Crippen molar-refractivity contribution >= 4 is 23.1 Å². The molecule has 0 N–H and O–H groups in total. The molecule has 1 atom stereocenters. The Morgan fingerprint density at radius 2 is 1.93 bits per heavy atom. The van der Waals surface area contributed by atoms with E-state index in [2.05, 4.69) is 34.3 Å². The zero-order chi connectivity index (χ0) is 19.8. The molecule has 0 spiro atoms. The number of pyridine rings is 1. The topological polar surface area (TPSA) is 36.4 Å². The number of aromatic nitrogens is 1. The first kappa shape index (κ1) is 20.8. The van der Waals surface area contributed by atoms with Gasteiger partial charge in [0.2, 0.25) is 0 Å². The maximum Gasteiger partial charge on any atom is 0.325 e. The number of hydrogen-bond donors (Lipinski definition) is 0. The summed E-state index contributed by atoms with van der Waals surface area (Å²) in [5.41, 5.74) is 0.922. The van der Waals surface area contributed by atoms with Gasteiger partial charge in [0, 0.05) is 36.0 Å². The normalized spacial score (nSPS) is 15.9. The zero-order valence-electron chi connectivity index (χ0n) is 17.2. The van der Waals surface area contributed by atoms with Gasteiger partial charge in [0.05, 0.1) is 6.04 Å².